The Morgan fingerprint density at radius 1 is 1.07 bits per heavy atom. The van der Waals surface area contributed by atoms with Gasteiger partial charge in [0.05, 0.1) is 5.56 Å². The fourth-order valence-corrected chi connectivity index (χ4v) is 3.44. The van der Waals surface area contributed by atoms with Crippen LogP contribution in [0.25, 0.3) is 11.4 Å². The molecule has 0 bridgehead atoms. The molecule has 7 heteroatoms. The standard InChI is InChI=1S/C21H24N6O/c1-26-11-13-27(14-12-26)20-16(5-4-8-24-20)15-25-21(28)18-7-3-2-6-17(18)19-22-9-10-23-19/h2-10H,11-15H2,1H3,(H,22,23)(H,25,28). The molecule has 0 aliphatic carbocycles. The molecular weight excluding hydrogens is 352 g/mol. The van der Waals surface area contributed by atoms with Gasteiger partial charge in [-0.2, -0.15) is 0 Å². The van der Waals surface area contributed by atoms with E-state index in [2.05, 4.69) is 37.1 Å². The molecule has 2 N–H and O–H groups in total. The highest BCUT2D eigenvalue weighted by atomic mass is 16.1. The van der Waals surface area contributed by atoms with E-state index in [0.29, 0.717) is 17.9 Å². The van der Waals surface area contributed by atoms with Gasteiger partial charge >= 0.3 is 0 Å². The van der Waals surface area contributed by atoms with Crippen molar-refractivity contribution in [2.24, 2.45) is 0 Å². The van der Waals surface area contributed by atoms with E-state index in [4.69, 9.17) is 0 Å². The Balaban J connectivity index is 1.50. The van der Waals surface area contributed by atoms with Crippen molar-refractivity contribution in [1.29, 1.82) is 0 Å². The monoisotopic (exact) mass is 376 g/mol. The number of nitrogens with zero attached hydrogens (tertiary/aromatic N) is 4. The fourth-order valence-electron chi connectivity index (χ4n) is 3.44. The zero-order valence-electron chi connectivity index (χ0n) is 15.9. The molecule has 3 aromatic rings. The number of anilines is 1. The Hall–Kier alpha value is -3.19. The van der Waals surface area contributed by atoms with Gasteiger partial charge in [-0.25, -0.2) is 9.97 Å². The Labute approximate surface area is 164 Å². The number of carbonyl (C=O) groups is 1. The molecule has 0 spiro atoms. The second-order valence-electron chi connectivity index (χ2n) is 6.94. The van der Waals surface area contributed by atoms with Gasteiger partial charge < -0.3 is 20.1 Å². The highest BCUT2D eigenvalue weighted by Gasteiger charge is 2.19. The Morgan fingerprint density at radius 3 is 2.68 bits per heavy atom. The number of hydrogen-bond acceptors (Lipinski definition) is 5. The quantitative estimate of drug-likeness (QED) is 0.714. The minimum atomic E-state index is -0.125. The molecule has 144 valence electrons. The molecule has 3 heterocycles. The van der Waals surface area contributed by atoms with Crippen LogP contribution in [0.2, 0.25) is 0 Å². The van der Waals surface area contributed by atoms with Crippen molar-refractivity contribution < 1.29 is 4.79 Å². The van der Waals surface area contributed by atoms with E-state index < -0.39 is 0 Å². The summed E-state index contributed by atoms with van der Waals surface area (Å²) in [5.74, 6) is 1.51. The average molecular weight is 376 g/mol. The summed E-state index contributed by atoms with van der Waals surface area (Å²) in [6, 6.07) is 11.4. The van der Waals surface area contributed by atoms with Crippen LogP contribution >= 0.6 is 0 Å². The molecule has 1 aliphatic rings. The Bertz CT molecular complexity index is 932. The van der Waals surface area contributed by atoms with E-state index >= 15 is 0 Å². The molecule has 0 saturated carbocycles. The minimum Gasteiger partial charge on any atom is -0.354 e. The van der Waals surface area contributed by atoms with Crippen LogP contribution in [0, 0.1) is 0 Å². The zero-order valence-corrected chi connectivity index (χ0v) is 15.9. The maximum absolute atomic E-state index is 12.9. The first-order valence-electron chi connectivity index (χ1n) is 9.47. The van der Waals surface area contributed by atoms with Gasteiger partial charge in [0.2, 0.25) is 0 Å². The molecule has 0 radical (unpaired) electrons. The lowest BCUT2D eigenvalue weighted by molar-refractivity contribution is 0.0951. The number of pyridine rings is 1. The van der Waals surface area contributed by atoms with Gasteiger partial charge in [0.25, 0.3) is 5.91 Å². The third-order valence-corrected chi connectivity index (χ3v) is 5.03. The first-order valence-corrected chi connectivity index (χ1v) is 9.47. The predicted octanol–water partition coefficient (Wildman–Crippen LogP) is 2.15. The fraction of sp³-hybridized carbons (Fsp3) is 0.286. The molecule has 2 aromatic heterocycles. The number of aromatic amines is 1. The molecule has 1 amide bonds. The van der Waals surface area contributed by atoms with Crippen LogP contribution in [0.1, 0.15) is 15.9 Å². The van der Waals surface area contributed by atoms with Gasteiger partial charge in [0, 0.05) is 62.4 Å². The summed E-state index contributed by atoms with van der Waals surface area (Å²) in [6.07, 6.45) is 5.25. The van der Waals surface area contributed by atoms with Crippen LogP contribution in [0.4, 0.5) is 5.82 Å². The number of nitrogens with one attached hydrogen (secondary N) is 2. The van der Waals surface area contributed by atoms with Crippen molar-refractivity contribution in [2.75, 3.05) is 38.1 Å². The number of benzene rings is 1. The molecule has 0 atom stereocenters. The van der Waals surface area contributed by atoms with Gasteiger partial charge in [0.1, 0.15) is 11.6 Å². The number of rotatable bonds is 5. The average Bonchev–Trinajstić information content (AvgIpc) is 3.28. The number of amides is 1. The van der Waals surface area contributed by atoms with E-state index in [1.165, 1.54) is 0 Å². The minimum absolute atomic E-state index is 0.125. The number of H-pyrrole nitrogens is 1. The molecule has 4 rings (SSSR count). The van der Waals surface area contributed by atoms with Crippen molar-refractivity contribution in [2.45, 2.75) is 6.54 Å². The summed E-state index contributed by atoms with van der Waals surface area (Å²) in [5.41, 5.74) is 2.41. The third kappa shape index (κ3) is 3.89. The lowest BCUT2D eigenvalue weighted by Crippen LogP contribution is -2.45. The lowest BCUT2D eigenvalue weighted by Gasteiger charge is -2.34. The van der Waals surface area contributed by atoms with Crippen molar-refractivity contribution >= 4 is 11.7 Å². The summed E-state index contributed by atoms with van der Waals surface area (Å²) in [4.78, 5) is 29.4. The van der Waals surface area contributed by atoms with Crippen LogP contribution < -0.4 is 10.2 Å². The maximum Gasteiger partial charge on any atom is 0.252 e. The van der Waals surface area contributed by atoms with Gasteiger partial charge in [0.15, 0.2) is 0 Å². The smallest absolute Gasteiger partial charge is 0.252 e. The highest BCUT2D eigenvalue weighted by molar-refractivity contribution is 6.00. The topological polar surface area (TPSA) is 77.2 Å². The summed E-state index contributed by atoms with van der Waals surface area (Å²) in [5, 5.41) is 3.05. The van der Waals surface area contributed by atoms with Crippen LogP contribution in [0.5, 0.6) is 0 Å². The zero-order chi connectivity index (χ0) is 19.3. The van der Waals surface area contributed by atoms with Gasteiger partial charge in [-0.1, -0.05) is 24.3 Å². The van der Waals surface area contributed by atoms with Crippen molar-refractivity contribution in [3.05, 3.63) is 66.1 Å². The van der Waals surface area contributed by atoms with Crippen molar-refractivity contribution in [1.82, 2.24) is 25.2 Å². The van der Waals surface area contributed by atoms with Crippen LogP contribution in [0.3, 0.4) is 0 Å². The normalized spacial score (nSPS) is 14.8. The highest BCUT2D eigenvalue weighted by Crippen LogP contribution is 2.21. The number of piperazine rings is 1. The number of imidazole rings is 1. The first kappa shape index (κ1) is 18.2. The predicted molar refractivity (Wildman–Crippen MR) is 109 cm³/mol. The summed E-state index contributed by atoms with van der Waals surface area (Å²) in [6.45, 7) is 4.34. The van der Waals surface area contributed by atoms with E-state index in [0.717, 1.165) is 43.1 Å². The lowest BCUT2D eigenvalue weighted by atomic mass is 10.1. The second-order valence-corrected chi connectivity index (χ2v) is 6.94. The van der Waals surface area contributed by atoms with Crippen molar-refractivity contribution in [3.8, 4) is 11.4 Å². The maximum atomic E-state index is 12.9. The number of carbonyl (C=O) groups excluding carboxylic acids is 1. The van der Waals surface area contributed by atoms with Gasteiger partial charge in [-0.15, -0.1) is 0 Å². The van der Waals surface area contributed by atoms with E-state index in [9.17, 15) is 4.79 Å². The van der Waals surface area contributed by atoms with Gasteiger partial charge in [-0.05, 0) is 19.2 Å². The molecule has 1 fully saturated rings. The van der Waals surface area contributed by atoms with E-state index in [1.54, 1.807) is 12.4 Å². The molecular formula is C21H24N6O. The molecule has 7 nitrogen and oxygen atoms in total. The molecule has 28 heavy (non-hydrogen) atoms. The molecule has 1 saturated heterocycles. The Morgan fingerprint density at radius 2 is 1.89 bits per heavy atom. The summed E-state index contributed by atoms with van der Waals surface area (Å²) in [7, 11) is 2.13. The van der Waals surface area contributed by atoms with Gasteiger partial charge in [-0.3, -0.25) is 4.79 Å². The van der Waals surface area contributed by atoms with Crippen LogP contribution in [-0.4, -0.2) is 59.0 Å². The number of hydrogen-bond donors (Lipinski definition) is 2. The summed E-state index contributed by atoms with van der Waals surface area (Å²) < 4.78 is 0. The van der Waals surface area contributed by atoms with Crippen LogP contribution in [0.15, 0.2) is 55.0 Å². The molecule has 1 aliphatic heterocycles. The molecule has 0 unspecified atom stereocenters. The molecule has 1 aromatic carbocycles. The van der Waals surface area contributed by atoms with E-state index in [-0.39, 0.29) is 5.91 Å². The van der Waals surface area contributed by atoms with E-state index in [1.807, 2.05) is 42.6 Å². The number of aromatic nitrogens is 3. The number of likely N-dealkylation sites (N-methyl/N-ethyl adjacent to an activating group) is 1. The second kappa shape index (κ2) is 8.22. The third-order valence-electron chi connectivity index (χ3n) is 5.03. The van der Waals surface area contributed by atoms with Crippen molar-refractivity contribution in [3.63, 3.8) is 0 Å². The Kier molecular flexibility index (Phi) is 5.34. The van der Waals surface area contributed by atoms with Crippen LogP contribution in [-0.2, 0) is 6.54 Å². The largest absolute Gasteiger partial charge is 0.354 e. The first-order chi connectivity index (χ1) is 13.7. The SMILES string of the molecule is CN1CCN(c2ncccc2CNC(=O)c2ccccc2-c2ncc[nH]2)CC1. The summed E-state index contributed by atoms with van der Waals surface area (Å²) >= 11 is 0.